The number of aromatic nitrogens is 1. The lowest BCUT2D eigenvalue weighted by Crippen LogP contribution is -1.90. The van der Waals surface area contributed by atoms with Crippen molar-refractivity contribution in [2.75, 3.05) is 0 Å². The summed E-state index contributed by atoms with van der Waals surface area (Å²) in [7, 11) is 0. The van der Waals surface area contributed by atoms with Gasteiger partial charge in [0.15, 0.2) is 5.89 Å². The molecular formula is C8H11NO. The van der Waals surface area contributed by atoms with Crippen LogP contribution in [-0.2, 0) is 0 Å². The Hall–Kier alpha value is -0.790. The molecule has 0 radical (unpaired) electrons. The molecule has 1 fully saturated rings. The Kier molecular flexibility index (Phi) is 1.46. The molecule has 10 heavy (non-hydrogen) atoms. The molecule has 1 aliphatic rings. The Morgan fingerprint density at radius 3 is 2.80 bits per heavy atom. The van der Waals surface area contributed by atoms with Gasteiger partial charge in [0.25, 0.3) is 0 Å². The second-order valence-electron chi connectivity index (χ2n) is 2.85. The van der Waals surface area contributed by atoms with Gasteiger partial charge in [-0.25, -0.2) is 4.98 Å². The van der Waals surface area contributed by atoms with Crippen LogP contribution in [0.4, 0.5) is 0 Å². The van der Waals surface area contributed by atoms with Crippen LogP contribution in [0, 0.1) is 0 Å². The van der Waals surface area contributed by atoms with Crippen molar-refractivity contribution in [3.8, 4) is 0 Å². The Labute approximate surface area is 60.3 Å². The summed E-state index contributed by atoms with van der Waals surface area (Å²) < 4.78 is 5.21. The van der Waals surface area contributed by atoms with Crippen LogP contribution in [0.15, 0.2) is 16.9 Å². The Balaban J connectivity index is 2.12. The zero-order valence-electron chi connectivity index (χ0n) is 5.92. The molecule has 0 bridgehead atoms. The third-order valence-electron chi connectivity index (χ3n) is 2.16. The van der Waals surface area contributed by atoms with Gasteiger partial charge in [-0.3, -0.25) is 0 Å². The van der Waals surface area contributed by atoms with E-state index in [0.29, 0.717) is 5.92 Å². The molecule has 1 aromatic rings. The fourth-order valence-corrected chi connectivity index (χ4v) is 1.61. The van der Waals surface area contributed by atoms with Crippen molar-refractivity contribution < 1.29 is 4.42 Å². The Bertz CT molecular complexity index is 187. The van der Waals surface area contributed by atoms with Crippen LogP contribution in [0.5, 0.6) is 0 Å². The van der Waals surface area contributed by atoms with E-state index in [-0.39, 0.29) is 0 Å². The topological polar surface area (TPSA) is 26.0 Å². The van der Waals surface area contributed by atoms with E-state index in [4.69, 9.17) is 4.42 Å². The number of hydrogen-bond acceptors (Lipinski definition) is 2. The molecule has 0 aromatic carbocycles. The van der Waals surface area contributed by atoms with Crippen LogP contribution >= 0.6 is 0 Å². The highest BCUT2D eigenvalue weighted by atomic mass is 16.3. The maximum Gasteiger partial charge on any atom is 0.197 e. The lowest BCUT2D eigenvalue weighted by molar-refractivity contribution is 0.448. The highest BCUT2D eigenvalue weighted by molar-refractivity contribution is 4.93. The van der Waals surface area contributed by atoms with Crippen LogP contribution in [-0.4, -0.2) is 4.98 Å². The van der Waals surface area contributed by atoms with Gasteiger partial charge in [-0.1, -0.05) is 12.8 Å². The van der Waals surface area contributed by atoms with Gasteiger partial charge < -0.3 is 4.42 Å². The highest BCUT2D eigenvalue weighted by Gasteiger charge is 2.20. The summed E-state index contributed by atoms with van der Waals surface area (Å²) in [5.74, 6) is 1.56. The molecule has 1 aliphatic carbocycles. The van der Waals surface area contributed by atoms with Gasteiger partial charge in [0.2, 0.25) is 0 Å². The molecule has 0 N–H and O–H groups in total. The van der Waals surface area contributed by atoms with Gasteiger partial charge in [-0.15, -0.1) is 0 Å². The van der Waals surface area contributed by atoms with Crippen LogP contribution in [0.1, 0.15) is 37.5 Å². The maximum atomic E-state index is 5.21. The van der Waals surface area contributed by atoms with E-state index in [1.165, 1.54) is 25.7 Å². The molecule has 2 rings (SSSR count). The standard InChI is InChI=1S/C8H11NO/c1-2-4-7(3-1)8-9-5-6-10-8/h5-7H,1-4H2. The van der Waals surface area contributed by atoms with Gasteiger partial charge in [-0.05, 0) is 12.8 Å². The molecular weight excluding hydrogens is 126 g/mol. The fraction of sp³-hybridized carbons (Fsp3) is 0.625. The molecule has 0 unspecified atom stereocenters. The quantitative estimate of drug-likeness (QED) is 0.593. The normalized spacial score (nSPS) is 20.0. The summed E-state index contributed by atoms with van der Waals surface area (Å²) in [5.41, 5.74) is 0. The number of rotatable bonds is 1. The molecule has 1 aromatic heterocycles. The summed E-state index contributed by atoms with van der Waals surface area (Å²) >= 11 is 0. The molecule has 0 atom stereocenters. The lowest BCUT2D eigenvalue weighted by atomic mass is 10.1. The van der Waals surface area contributed by atoms with Gasteiger partial charge in [0.05, 0.1) is 6.20 Å². The van der Waals surface area contributed by atoms with Crippen molar-refractivity contribution in [3.63, 3.8) is 0 Å². The van der Waals surface area contributed by atoms with E-state index < -0.39 is 0 Å². The molecule has 1 saturated carbocycles. The molecule has 0 saturated heterocycles. The van der Waals surface area contributed by atoms with Gasteiger partial charge in [0, 0.05) is 5.92 Å². The van der Waals surface area contributed by atoms with Crippen LogP contribution < -0.4 is 0 Å². The first kappa shape index (κ1) is 5.96. The van der Waals surface area contributed by atoms with E-state index in [2.05, 4.69) is 4.98 Å². The van der Waals surface area contributed by atoms with Crippen LogP contribution in [0.3, 0.4) is 0 Å². The van der Waals surface area contributed by atoms with E-state index in [1.54, 1.807) is 12.5 Å². The third-order valence-corrected chi connectivity index (χ3v) is 2.16. The molecule has 2 nitrogen and oxygen atoms in total. The Morgan fingerprint density at radius 2 is 2.20 bits per heavy atom. The first-order valence-corrected chi connectivity index (χ1v) is 3.86. The second-order valence-corrected chi connectivity index (χ2v) is 2.85. The summed E-state index contributed by atoms with van der Waals surface area (Å²) in [5, 5.41) is 0. The first-order chi connectivity index (χ1) is 4.97. The van der Waals surface area contributed by atoms with E-state index in [0.717, 1.165) is 5.89 Å². The summed E-state index contributed by atoms with van der Waals surface area (Å²) in [6.07, 6.45) is 8.60. The molecule has 0 amide bonds. The smallest absolute Gasteiger partial charge is 0.197 e. The molecule has 54 valence electrons. The minimum Gasteiger partial charge on any atom is -0.449 e. The number of oxazole rings is 1. The monoisotopic (exact) mass is 137 g/mol. The third kappa shape index (κ3) is 0.939. The minimum atomic E-state index is 0.620. The summed E-state index contributed by atoms with van der Waals surface area (Å²) in [6.45, 7) is 0. The molecule has 0 aliphatic heterocycles. The lowest BCUT2D eigenvalue weighted by Gasteiger charge is -2.00. The van der Waals surface area contributed by atoms with Gasteiger partial charge >= 0.3 is 0 Å². The van der Waals surface area contributed by atoms with Gasteiger partial charge in [-0.2, -0.15) is 0 Å². The van der Waals surface area contributed by atoms with Crippen molar-refractivity contribution in [3.05, 3.63) is 18.4 Å². The zero-order valence-corrected chi connectivity index (χ0v) is 5.92. The molecule has 0 spiro atoms. The minimum absolute atomic E-state index is 0.620. The van der Waals surface area contributed by atoms with Crippen molar-refractivity contribution >= 4 is 0 Å². The highest BCUT2D eigenvalue weighted by Crippen LogP contribution is 2.32. The SMILES string of the molecule is c1coc(C2CCCC2)n1. The first-order valence-electron chi connectivity index (χ1n) is 3.86. The zero-order chi connectivity index (χ0) is 6.81. The van der Waals surface area contributed by atoms with E-state index in [9.17, 15) is 0 Å². The van der Waals surface area contributed by atoms with Crippen LogP contribution in [0.25, 0.3) is 0 Å². The predicted octanol–water partition coefficient (Wildman–Crippen LogP) is 2.33. The second kappa shape index (κ2) is 2.45. The maximum absolute atomic E-state index is 5.21. The molecule has 2 heteroatoms. The van der Waals surface area contributed by atoms with Crippen molar-refractivity contribution in [1.29, 1.82) is 0 Å². The van der Waals surface area contributed by atoms with Crippen molar-refractivity contribution in [2.45, 2.75) is 31.6 Å². The molecule has 1 heterocycles. The summed E-state index contributed by atoms with van der Waals surface area (Å²) in [4.78, 5) is 4.13. The van der Waals surface area contributed by atoms with Crippen molar-refractivity contribution in [2.24, 2.45) is 0 Å². The predicted molar refractivity (Wildman–Crippen MR) is 37.7 cm³/mol. The van der Waals surface area contributed by atoms with E-state index in [1.807, 2.05) is 0 Å². The number of hydrogen-bond donors (Lipinski definition) is 0. The average molecular weight is 137 g/mol. The van der Waals surface area contributed by atoms with Gasteiger partial charge in [0.1, 0.15) is 6.26 Å². The summed E-state index contributed by atoms with van der Waals surface area (Å²) in [6, 6.07) is 0. The average Bonchev–Trinajstić information content (AvgIpc) is 2.59. The largest absolute Gasteiger partial charge is 0.449 e. The van der Waals surface area contributed by atoms with Crippen molar-refractivity contribution in [1.82, 2.24) is 4.98 Å². The fourth-order valence-electron chi connectivity index (χ4n) is 1.61. The van der Waals surface area contributed by atoms with Crippen LogP contribution in [0.2, 0.25) is 0 Å². The van der Waals surface area contributed by atoms with E-state index >= 15 is 0 Å². The number of nitrogens with zero attached hydrogens (tertiary/aromatic N) is 1. The Morgan fingerprint density at radius 1 is 1.40 bits per heavy atom.